The molecule has 0 saturated carbocycles. The van der Waals surface area contributed by atoms with Gasteiger partial charge in [-0.05, 0) is 43.3 Å². The maximum absolute atomic E-state index is 12.6. The highest BCUT2D eigenvalue weighted by molar-refractivity contribution is 7.89. The Hall–Kier alpha value is -3.10. The lowest BCUT2D eigenvalue weighted by Gasteiger charge is -2.42. The number of benzene rings is 2. The van der Waals surface area contributed by atoms with Crippen molar-refractivity contribution in [3.05, 3.63) is 78.1 Å². The number of hydrogen-bond donors (Lipinski definition) is 1. The van der Waals surface area contributed by atoms with E-state index in [-0.39, 0.29) is 10.9 Å². The largest absolute Gasteiger partial charge is 0.465 e. The van der Waals surface area contributed by atoms with Gasteiger partial charge in [0.2, 0.25) is 10.0 Å². The molecule has 0 radical (unpaired) electrons. The van der Waals surface area contributed by atoms with Gasteiger partial charge in [0.15, 0.2) is 0 Å². The Morgan fingerprint density at radius 3 is 2.33 bits per heavy atom. The van der Waals surface area contributed by atoms with E-state index in [0.29, 0.717) is 24.3 Å². The van der Waals surface area contributed by atoms with E-state index in [1.807, 2.05) is 47.0 Å². The molecule has 0 atom stereocenters. The summed E-state index contributed by atoms with van der Waals surface area (Å²) in [5, 5.41) is 0. The highest BCUT2D eigenvalue weighted by atomic mass is 32.2. The molecule has 4 rings (SSSR count). The number of carbonyl (C=O) groups is 1. The number of anilines is 1. The van der Waals surface area contributed by atoms with Crippen molar-refractivity contribution in [1.29, 1.82) is 0 Å². The molecule has 30 heavy (non-hydrogen) atoms. The van der Waals surface area contributed by atoms with Crippen molar-refractivity contribution >= 4 is 21.7 Å². The smallest absolute Gasteiger partial charge is 0.340 e. The number of aryl methyl sites for hydroxylation is 1. The molecule has 8 heteroatoms. The molecule has 0 aliphatic carbocycles. The molecule has 1 fully saturated rings. The summed E-state index contributed by atoms with van der Waals surface area (Å²) in [5.74, 6) is -0.419. The van der Waals surface area contributed by atoms with E-state index < -0.39 is 16.0 Å². The first-order chi connectivity index (χ1) is 14.4. The standard InChI is InChI=1S/C22H23N3O4S/c1-16-8-10-18(11-9-16)30(27,28)23-17-14-25(15-17)20-7-5-6-19(22(26)29-2)21(20)24-12-3-4-13-24/h3-13,17,23H,14-15H2,1-2H3. The second-order valence-electron chi connectivity index (χ2n) is 7.29. The van der Waals surface area contributed by atoms with E-state index in [0.717, 1.165) is 11.3 Å². The normalized spacial score (nSPS) is 14.4. The minimum Gasteiger partial charge on any atom is -0.465 e. The molecule has 156 valence electrons. The van der Waals surface area contributed by atoms with Crippen LogP contribution in [-0.4, -0.2) is 45.2 Å². The van der Waals surface area contributed by atoms with Gasteiger partial charge in [-0.1, -0.05) is 23.8 Å². The van der Waals surface area contributed by atoms with Gasteiger partial charge in [0.25, 0.3) is 0 Å². The van der Waals surface area contributed by atoms with Crippen LogP contribution in [0, 0.1) is 6.92 Å². The molecule has 0 spiro atoms. The zero-order chi connectivity index (χ0) is 21.3. The molecule has 7 nitrogen and oxygen atoms in total. The Labute approximate surface area is 175 Å². The lowest BCUT2D eigenvalue weighted by Crippen LogP contribution is -2.59. The Morgan fingerprint density at radius 2 is 1.70 bits per heavy atom. The first-order valence-electron chi connectivity index (χ1n) is 9.57. The number of methoxy groups -OCH3 is 1. The summed E-state index contributed by atoms with van der Waals surface area (Å²) < 4.78 is 34.8. The second kappa shape index (κ2) is 7.97. The summed E-state index contributed by atoms with van der Waals surface area (Å²) in [6.07, 6.45) is 3.73. The number of carbonyl (C=O) groups excluding carboxylic acids is 1. The molecular formula is C22H23N3O4S. The molecule has 1 aliphatic rings. The van der Waals surface area contributed by atoms with Crippen molar-refractivity contribution < 1.29 is 17.9 Å². The fraction of sp³-hybridized carbons (Fsp3) is 0.227. The van der Waals surface area contributed by atoms with E-state index in [4.69, 9.17) is 4.74 Å². The molecule has 1 aromatic heterocycles. The van der Waals surface area contributed by atoms with E-state index in [1.165, 1.54) is 7.11 Å². The van der Waals surface area contributed by atoms with Crippen LogP contribution in [0.4, 0.5) is 5.69 Å². The van der Waals surface area contributed by atoms with Gasteiger partial charge in [-0.15, -0.1) is 0 Å². The molecule has 1 saturated heterocycles. The molecule has 1 aliphatic heterocycles. The van der Waals surface area contributed by atoms with Crippen molar-refractivity contribution in [2.24, 2.45) is 0 Å². The van der Waals surface area contributed by atoms with Crippen LogP contribution in [0.5, 0.6) is 0 Å². The van der Waals surface area contributed by atoms with Crippen LogP contribution in [0.25, 0.3) is 5.69 Å². The molecule has 2 aromatic carbocycles. The van der Waals surface area contributed by atoms with Gasteiger partial charge >= 0.3 is 5.97 Å². The van der Waals surface area contributed by atoms with Gasteiger partial charge < -0.3 is 14.2 Å². The Bertz CT molecular complexity index is 1150. The summed E-state index contributed by atoms with van der Waals surface area (Å²) >= 11 is 0. The lowest BCUT2D eigenvalue weighted by atomic mass is 10.0. The number of para-hydroxylation sites is 1. The average Bonchev–Trinajstić information content (AvgIpc) is 3.24. The number of sulfonamides is 1. The van der Waals surface area contributed by atoms with Crippen LogP contribution >= 0.6 is 0 Å². The Balaban J connectivity index is 1.55. The number of hydrogen-bond acceptors (Lipinski definition) is 5. The topological polar surface area (TPSA) is 80.6 Å². The highest BCUT2D eigenvalue weighted by Gasteiger charge is 2.33. The maximum atomic E-state index is 12.6. The predicted octanol–water partition coefficient (Wildman–Crippen LogP) is 2.74. The van der Waals surface area contributed by atoms with Gasteiger partial charge in [0, 0.05) is 25.5 Å². The highest BCUT2D eigenvalue weighted by Crippen LogP contribution is 2.32. The van der Waals surface area contributed by atoms with E-state index in [2.05, 4.69) is 4.72 Å². The van der Waals surface area contributed by atoms with E-state index in [9.17, 15) is 13.2 Å². The van der Waals surface area contributed by atoms with Crippen molar-refractivity contribution in [3.8, 4) is 5.69 Å². The summed E-state index contributed by atoms with van der Waals surface area (Å²) in [4.78, 5) is 14.6. The number of rotatable bonds is 6. The van der Waals surface area contributed by atoms with Gasteiger partial charge in [-0.25, -0.2) is 17.9 Å². The lowest BCUT2D eigenvalue weighted by molar-refractivity contribution is 0.0600. The zero-order valence-electron chi connectivity index (χ0n) is 16.8. The third-order valence-electron chi connectivity index (χ3n) is 5.16. The van der Waals surface area contributed by atoms with Gasteiger partial charge in [-0.3, -0.25) is 0 Å². The molecule has 0 bridgehead atoms. The average molecular weight is 426 g/mol. The van der Waals surface area contributed by atoms with Gasteiger partial charge in [-0.2, -0.15) is 0 Å². The van der Waals surface area contributed by atoms with Crippen LogP contribution in [0.15, 0.2) is 71.9 Å². The quantitative estimate of drug-likeness (QED) is 0.615. The SMILES string of the molecule is COC(=O)c1cccc(N2CC(NS(=O)(=O)c3ccc(C)cc3)C2)c1-n1cccc1. The fourth-order valence-corrected chi connectivity index (χ4v) is 4.79. The van der Waals surface area contributed by atoms with E-state index >= 15 is 0 Å². The van der Waals surface area contributed by atoms with Gasteiger partial charge in [0.1, 0.15) is 0 Å². The van der Waals surface area contributed by atoms with Gasteiger partial charge in [0.05, 0.1) is 35.0 Å². The third-order valence-corrected chi connectivity index (χ3v) is 6.69. The fourth-order valence-electron chi connectivity index (χ4n) is 3.57. The minimum atomic E-state index is -3.58. The Kier molecular flexibility index (Phi) is 5.36. The number of esters is 1. The summed E-state index contributed by atoms with van der Waals surface area (Å²) in [5.41, 5.74) is 3.02. The molecule has 3 aromatic rings. The molecule has 1 N–H and O–H groups in total. The monoisotopic (exact) mass is 425 g/mol. The summed E-state index contributed by atoms with van der Waals surface area (Å²) in [6, 6.07) is 15.8. The molecule has 2 heterocycles. The predicted molar refractivity (Wildman–Crippen MR) is 115 cm³/mol. The zero-order valence-corrected chi connectivity index (χ0v) is 17.6. The molecule has 0 unspecified atom stereocenters. The van der Waals surface area contributed by atoms with Crippen LogP contribution in [-0.2, 0) is 14.8 Å². The molecule has 0 amide bonds. The van der Waals surface area contributed by atoms with Crippen molar-refractivity contribution in [2.75, 3.05) is 25.1 Å². The van der Waals surface area contributed by atoms with E-state index in [1.54, 1.807) is 36.4 Å². The number of aromatic nitrogens is 1. The third kappa shape index (κ3) is 3.83. The summed E-state index contributed by atoms with van der Waals surface area (Å²) in [7, 11) is -2.22. The Morgan fingerprint density at radius 1 is 1.03 bits per heavy atom. The van der Waals surface area contributed by atoms with Crippen LogP contribution in [0.3, 0.4) is 0 Å². The van der Waals surface area contributed by atoms with Crippen LogP contribution in [0.1, 0.15) is 15.9 Å². The van der Waals surface area contributed by atoms with Crippen LogP contribution < -0.4 is 9.62 Å². The van der Waals surface area contributed by atoms with Crippen LogP contribution in [0.2, 0.25) is 0 Å². The first kappa shape index (κ1) is 20.2. The van der Waals surface area contributed by atoms with Crippen molar-refractivity contribution in [2.45, 2.75) is 17.9 Å². The number of ether oxygens (including phenoxy) is 1. The maximum Gasteiger partial charge on any atom is 0.340 e. The molecular weight excluding hydrogens is 402 g/mol. The summed E-state index contributed by atoms with van der Waals surface area (Å²) in [6.45, 7) is 2.92. The van der Waals surface area contributed by atoms with Crippen molar-refractivity contribution in [1.82, 2.24) is 9.29 Å². The second-order valence-corrected chi connectivity index (χ2v) is 9.01. The minimum absolute atomic E-state index is 0.212. The number of nitrogens with one attached hydrogen (secondary N) is 1. The van der Waals surface area contributed by atoms with Crippen molar-refractivity contribution in [3.63, 3.8) is 0 Å². The first-order valence-corrected chi connectivity index (χ1v) is 11.1. The number of nitrogens with zero attached hydrogens (tertiary/aromatic N) is 2.